The van der Waals surface area contributed by atoms with Crippen molar-refractivity contribution in [1.82, 2.24) is 10.6 Å². The van der Waals surface area contributed by atoms with E-state index in [2.05, 4.69) is 10.6 Å². The zero-order valence-electron chi connectivity index (χ0n) is 11.0. The Hall–Kier alpha value is -1.89. The lowest BCUT2D eigenvalue weighted by atomic mass is 10.0. The van der Waals surface area contributed by atoms with Gasteiger partial charge >= 0.3 is 0 Å². The fraction of sp³-hybridized carbons (Fsp3) is 0.417. The molecule has 1 heterocycles. The maximum atomic E-state index is 12.0. The summed E-state index contributed by atoms with van der Waals surface area (Å²) in [6.07, 6.45) is 0. The van der Waals surface area contributed by atoms with Crippen molar-refractivity contribution >= 4 is 29.1 Å². The lowest BCUT2D eigenvalue weighted by Gasteiger charge is -2.26. The summed E-state index contributed by atoms with van der Waals surface area (Å²) in [5, 5.41) is 6.83. The molecule has 1 atom stereocenters. The molecule has 0 bridgehead atoms. The SMILES string of the molecule is C[C@@H](NC(=O)C(C)(C)NC(=O)c1cccs1)C(N)=O. The van der Waals surface area contributed by atoms with Crippen LogP contribution >= 0.6 is 11.3 Å². The Kier molecular flexibility index (Phi) is 4.66. The highest BCUT2D eigenvalue weighted by atomic mass is 32.1. The third-order valence-electron chi connectivity index (χ3n) is 2.51. The standard InChI is InChI=1S/C12H17N3O3S/c1-7(9(13)16)14-11(18)12(2,3)15-10(17)8-5-4-6-19-8/h4-7H,1-3H3,(H2,13,16)(H,14,18)(H,15,17)/t7-/m1/s1. The van der Waals surface area contributed by atoms with E-state index in [1.165, 1.54) is 18.3 Å². The fourth-order valence-electron chi connectivity index (χ4n) is 1.26. The van der Waals surface area contributed by atoms with Crippen molar-refractivity contribution in [3.05, 3.63) is 22.4 Å². The van der Waals surface area contributed by atoms with E-state index in [0.717, 1.165) is 0 Å². The monoisotopic (exact) mass is 283 g/mol. The molecule has 0 radical (unpaired) electrons. The van der Waals surface area contributed by atoms with Crippen LogP contribution in [0, 0.1) is 0 Å². The highest BCUT2D eigenvalue weighted by molar-refractivity contribution is 7.12. The molecule has 0 fully saturated rings. The van der Waals surface area contributed by atoms with E-state index >= 15 is 0 Å². The number of carbonyl (C=O) groups is 3. The summed E-state index contributed by atoms with van der Waals surface area (Å²) >= 11 is 1.28. The molecular formula is C12H17N3O3S. The van der Waals surface area contributed by atoms with Crippen LogP contribution in [0.2, 0.25) is 0 Å². The molecule has 6 nitrogen and oxygen atoms in total. The largest absolute Gasteiger partial charge is 0.368 e. The van der Waals surface area contributed by atoms with Gasteiger partial charge in [0.25, 0.3) is 5.91 Å². The summed E-state index contributed by atoms with van der Waals surface area (Å²) in [4.78, 5) is 35.2. The molecule has 0 aliphatic carbocycles. The van der Waals surface area contributed by atoms with Crippen molar-refractivity contribution in [2.45, 2.75) is 32.4 Å². The van der Waals surface area contributed by atoms with Gasteiger partial charge in [-0.25, -0.2) is 0 Å². The van der Waals surface area contributed by atoms with E-state index in [1.807, 2.05) is 0 Å². The smallest absolute Gasteiger partial charge is 0.262 e. The van der Waals surface area contributed by atoms with Crippen molar-refractivity contribution in [3.8, 4) is 0 Å². The number of rotatable bonds is 5. The summed E-state index contributed by atoms with van der Waals surface area (Å²) in [6.45, 7) is 4.60. The van der Waals surface area contributed by atoms with Crippen molar-refractivity contribution in [1.29, 1.82) is 0 Å². The molecule has 0 spiro atoms. The lowest BCUT2D eigenvalue weighted by Crippen LogP contribution is -2.57. The fourth-order valence-corrected chi connectivity index (χ4v) is 1.88. The highest BCUT2D eigenvalue weighted by Gasteiger charge is 2.31. The molecule has 19 heavy (non-hydrogen) atoms. The van der Waals surface area contributed by atoms with Gasteiger partial charge in [-0.05, 0) is 32.2 Å². The van der Waals surface area contributed by atoms with Gasteiger partial charge in [0.05, 0.1) is 4.88 Å². The molecule has 1 rings (SSSR count). The third-order valence-corrected chi connectivity index (χ3v) is 3.38. The maximum absolute atomic E-state index is 12.0. The van der Waals surface area contributed by atoms with Crippen LogP contribution in [0.1, 0.15) is 30.4 Å². The molecule has 3 amide bonds. The molecule has 0 saturated heterocycles. The second-order valence-corrected chi connectivity index (χ2v) is 5.60. The normalized spacial score (nSPS) is 12.6. The van der Waals surface area contributed by atoms with Crippen LogP contribution in [0.15, 0.2) is 17.5 Å². The van der Waals surface area contributed by atoms with Crippen LogP contribution in [-0.2, 0) is 9.59 Å². The number of amides is 3. The Morgan fingerprint density at radius 3 is 2.47 bits per heavy atom. The predicted octanol–water partition coefficient (Wildman–Crippen LogP) is 0.246. The highest BCUT2D eigenvalue weighted by Crippen LogP contribution is 2.11. The Balaban J connectivity index is 2.67. The second kappa shape index (κ2) is 5.83. The van der Waals surface area contributed by atoms with E-state index in [4.69, 9.17) is 5.73 Å². The third kappa shape index (κ3) is 4.06. The van der Waals surface area contributed by atoms with Crippen molar-refractivity contribution in [2.24, 2.45) is 5.73 Å². The first-order chi connectivity index (χ1) is 8.74. The number of thiophene rings is 1. The first-order valence-electron chi connectivity index (χ1n) is 5.70. The van der Waals surface area contributed by atoms with E-state index < -0.39 is 23.4 Å². The molecule has 104 valence electrons. The van der Waals surface area contributed by atoms with Gasteiger partial charge < -0.3 is 16.4 Å². The number of hydrogen-bond donors (Lipinski definition) is 3. The van der Waals surface area contributed by atoms with Crippen LogP contribution in [0.5, 0.6) is 0 Å². The Morgan fingerprint density at radius 2 is 2.00 bits per heavy atom. The molecule has 1 aromatic heterocycles. The molecule has 0 aliphatic rings. The molecule has 1 aromatic rings. The quantitative estimate of drug-likeness (QED) is 0.721. The number of carbonyl (C=O) groups excluding carboxylic acids is 3. The van der Waals surface area contributed by atoms with Crippen molar-refractivity contribution < 1.29 is 14.4 Å². The van der Waals surface area contributed by atoms with Crippen LogP contribution in [-0.4, -0.2) is 29.3 Å². The first-order valence-corrected chi connectivity index (χ1v) is 6.58. The first kappa shape index (κ1) is 15.2. The van der Waals surface area contributed by atoms with Gasteiger partial charge in [-0.2, -0.15) is 0 Å². The number of hydrogen-bond acceptors (Lipinski definition) is 4. The van der Waals surface area contributed by atoms with E-state index in [-0.39, 0.29) is 5.91 Å². The molecule has 7 heteroatoms. The average Bonchev–Trinajstić information content (AvgIpc) is 2.81. The van der Waals surface area contributed by atoms with Crippen molar-refractivity contribution in [3.63, 3.8) is 0 Å². The van der Waals surface area contributed by atoms with Gasteiger partial charge in [-0.15, -0.1) is 11.3 Å². The molecule has 0 aromatic carbocycles. The minimum absolute atomic E-state index is 0.332. The van der Waals surface area contributed by atoms with Crippen LogP contribution in [0.25, 0.3) is 0 Å². The van der Waals surface area contributed by atoms with Gasteiger partial charge in [-0.1, -0.05) is 6.07 Å². The number of nitrogens with two attached hydrogens (primary N) is 1. The molecule has 4 N–H and O–H groups in total. The van der Waals surface area contributed by atoms with Gasteiger partial charge in [0.1, 0.15) is 11.6 Å². The lowest BCUT2D eigenvalue weighted by molar-refractivity contribution is -0.130. The molecule has 0 unspecified atom stereocenters. The minimum Gasteiger partial charge on any atom is -0.368 e. The maximum Gasteiger partial charge on any atom is 0.262 e. The summed E-state index contributed by atoms with van der Waals surface area (Å²) in [5.74, 6) is -1.43. The van der Waals surface area contributed by atoms with Gasteiger partial charge in [0, 0.05) is 0 Å². The molecule has 0 aliphatic heterocycles. The zero-order chi connectivity index (χ0) is 14.6. The summed E-state index contributed by atoms with van der Waals surface area (Å²) < 4.78 is 0. The van der Waals surface area contributed by atoms with Crippen LogP contribution in [0.4, 0.5) is 0 Å². The molecular weight excluding hydrogens is 266 g/mol. The van der Waals surface area contributed by atoms with E-state index in [1.54, 1.807) is 31.4 Å². The van der Waals surface area contributed by atoms with Crippen LogP contribution < -0.4 is 16.4 Å². The van der Waals surface area contributed by atoms with Crippen LogP contribution in [0.3, 0.4) is 0 Å². The van der Waals surface area contributed by atoms with E-state index in [0.29, 0.717) is 4.88 Å². The second-order valence-electron chi connectivity index (χ2n) is 4.65. The van der Waals surface area contributed by atoms with E-state index in [9.17, 15) is 14.4 Å². The zero-order valence-corrected chi connectivity index (χ0v) is 11.8. The summed E-state index contributed by atoms with van der Waals surface area (Å²) in [5.41, 5.74) is 3.93. The minimum atomic E-state index is -1.13. The summed E-state index contributed by atoms with van der Waals surface area (Å²) in [7, 11) is 0. The Labute approximate surface area is 115 Å². The predicted molar refractivity (Wildman–Crippen MR) is 72.7 cm³/mol. The topological polar surface area (TPSA) is 101 Å². The molecule has 0 saturated carbocycles. The number of primary amides is 1. The van der Waals surface area contributed by atoms with Gasteiger partial charge in [0.15, 0.2) is 0 Å². The van der Waals surface area contributed by atoms with Gasteiger partial charge in [-0.3, -0.25) is 14.4 Å². The average molecular weight is 283 g/mol. The van der Waals surface area contributed by atoms with Crippen molar-refractivity contribution in [2.75, 3.05) is 0 Å². The van der Waals surface area contributed by atoms with Gasteiger partial charge in [0.2, 0.25) is 11.8 Å². The Bertz CT molecular complexity index is 482. The number of nitrogens with one attached hydrogen (secondary N) is 2. The Morgan fingerprint density at radius 1 is 1.37 bits per heavy atom. The summed E-state index contributed by atoms with van der Waals surface area (Å²) in [6, 6.07) is 2.63.